The van der Waals surface area contributed by atoms with Crippen molar-refractivity contribution in [2.75, 3.05) is 13.7 Å². The fourth-order valence-corrected chi connectivity index (χ4v) is 26.3. The Morgan fingerprint density at radius 3 is 1.98 bits per heavy atom. The summed E-state index contributed by atoms with van der Waals surface area (Å²) in [6.45, 7) is 19.2. The number of hydrogen-bond donors (Lipinski definition) is 0. The third-order valence-electron chi connectivity index (χ3n) is 10.7. The van der Waals surface area contributed by atoms with Gasteiger partial charge in [0.25, 0.3) is 0 Å². The van der Waals surface area contributed by atoms with Crippen molar-refractivity contribution in [2.24, 2.45) is 5.92 Å². The van der Waals surface area contributed by atoms with Crippen molar-refractivity contribution in [3.63, 3.8) is 0 Å². The molecule has 44 heavy (non-hydrogen) atoms. The van der Waals surface area contributed by atoms with E-state index in [0.717, 1.165) is 23.7 Å². The first-order chi connectivity index (χ1) is 21.3. The summed E-state index contributed by atoms with van der Waals surface area (Å²) in [5.74, 6) is 0.135. The monoisotopic (exact) mass is 738 g/mol. The van der Waals surface area contributed by atoms with E-state index < -0.39 is 33.0 Å². The predicted molar refractivity (Wildman–Crippen MR) is 189 cm³/mol. The molecule has 0 amide bonds. The Bertz CT molecular complexity index is 940. The zero-order valence-corrected chi connectivity index (χ0v) is 33.6. The van der Waals surface area contributed by atoms with Crippen LogP contribution in [0.3, 0.4) is 0 Å². The Balaban J connectivity index is 1.96. The van der Waals surface area contributed by atoms with Crippen molar-refractivity contribution in [2.45, 2.75) is 162 Å². The van der Waals surface area contributed by atoms with Gasteiger partial charge in [0.05, 0.1) is 0 Å². The van der Waals surface area contributed by atoms with Crippen molar-refractivity contribution in [1.82, 2.24) is 0 Å². The van der Waals surface area contributed by atoms with Crippen LogP contribution in [0.15, 0.2) is 40.0 Å². The molecule has 5 nitrogen and oxygen atoms in total. The number of hydrogen-bond acceptors (Lipinski definition) is 5. The van der Waals surface area contributed by atoms with E-state index in [4.69, 9.17) is 23.4 Å². The molecule has 0 aromatic heterocycles. The van der Waals surface area contributed by atoms with Gasteiger partial charge >= 0.3 is 271 Å². The van der Waals surface area contributed by atoms with Crippen LogP contribution in [0.2, 0.25) is 31.4 Å². The first kappa shape index (κ1) is 38.2. The molecule has 7 heteroatoms. The van der Waals surface area contributed by atoms with Gasteiger partial charge in [-0.05, 0) is 0 Å². The van der Waals surface area contributed by atoms with E-state index in [1.807, 2.05) is 25.3 Å². The molecule has 3 rings (SSSR count). The van der Waals surface area contributed by atoms with Gasteiger partial charge in [0.1, 0.15) is 0 Å². The van der Waals surface area contributed by atoms with Crippen molar-refractivity contribution in [3.8, 4) is 0 Å². The summed E-state index contributed by atoms with van der Waals surface area (Å²) < 4.78 is 40.9. The van der Waals surface area contributed by atoms with Gasteiger partial charge in [-0.3, -0.25) is 0 Å². The van der Waals surface area contributed by atoms with Crippen LogP contribution in [0.5, 0.6) is 0 Å². The predicted octanol–water partition coefficient (Wildman–Crippen LogP) is 10.2. The maximum absolute atomic E-state index is 7.34. The molecular formula is C37H66O5SiSn. The molecular weight excluding hydrogens is 671 g/mol. The quantitative estimate of drug-likeness (QED) is 0.125. The summed E-state index contributed by atoms with van der Waals surface area (Å²) in [6.07, 6.45) is 7.03. The molecule has 2 saturated heterocycles. The Morgan fingerprint density at radius 2 is 1.48 bits per heavy atom. The van der Waals surface area contributed by atoms with E-state index in [2.05, 4.69) is 71.6 Å². The molecule has 252 valence electrons. The second-order valence-electron chi connectivity index (χ2n) is 13.7. The van der Waals surface area contributed by atoms with Gasteiger partial charge in [-0.15, -0.1) is 0 Å². The van der Waals surface area contributed by atoms with Crippen LogP contribution in [-0.2, 0) is 23.4 Å². The number of rotatable bonds is 20. The van der Waals surface area contributed by atoms with Crippen molar-refractivity contribution in [3.05, 3.63) is 45.6 Å². The topological polar surface area (TPSA) is 46.2 Å². The summed E-state index contributed by atoms with van der Waals surface area (Å²) in [7, 11) is -0.0541. The molecule has 2 aliphatic heterocycles. The van der Waals surface area contributed by atoms with Crippen molar-refractivity contribution in [1.29, 1.82) is 0 Å². The second kappa shape index (κ2) is 18.9. The first-order valence-corrected chi connectivity index (χ1v) is 28.4. The van der Waals surface area contributed by atoms with E-state index >= 15 is 0 Å². The van der Waals surface area contributed by atoms with Crippen LogP contribution < -0.4 is 0 Å². The molecule has 2 aliphatic rings. The second-order valence-corrected chi connectivity index (χ2v) is 31.3. The average molecular weight is 738 g/mol. The fourth-order valence-electron chi connectivity index (χ4n) is 7.78. The average Bonchev–Trinajstić information content (AvgIpc) is 3.42. The molecule has 0 aliphatic carbocycles. The third kappa shape index (κ3) is 9.66. The van der Waals surface area contributed by atoms with Gasteiger partial charge in [0, 0.05) is 0 Å². The van der Waals surface area contributed by atoms with Crippen LogP contribution in [0.25, 0.3) is 0 Å². The minimum atomic E-state index is -2.52. The van der Waals surface area contributed by atoms with Gasteiger partial charge in [0.2, 0.25) is 0 Å². The molecule has 2 heterocycles. The molecule has 0 saturated carbocycles. The summed E-state index contributed by atoms with van der Waals surface area (Å²) in [6, 6.07) is 13.6. The van der Waals surface area contributed by atoms with Crippen LogP contribution in [-0.4, -0.2) is 70.9 Å². The molecule has 0 N–H and O–H groups in total. The summed E-state index contributed by atoms with van der Waals surface area (Å²) in [5.41, 5.74) is 2.48. The number of ether oxygens (including phenoxy) is 4. The Morgan fingerprint density at radius 1 is 0.909 bits per heavy atom. The number of methoxy groups -OCH3 is 1. The van der Waals surface area contributed by atoms with Gasteiger partial charge in [0.15, 0.2) is 0 Å². The van der Waals surface area contributed by atoms with Crippen LogP contribution >= 0.6 is 0 Å². The standard InChI is InChI=1S/C25H39O5Si.3C4H9.Sn/c1-8-31(9-2,10-3)30-24-22(18(6)21(26-7)17(4)5)28-20-16-27-25(29-23(20)24)19-14-12-11-13-15-19;3*1-3-4-2;/h4,11-15,18,20-25H,8-10,16H2,1-3,5-7H3;3*1,3-4H2,2H3;/t18-,20-,21-,22+,23+,24-,25+;;;;/m1..../s1. The van der Waals surface area contributed by atoms with E-state index in [0.29, 0.717) is 6.61 Å². The Labute approximate surface area is 276 Å². The van der Waals surface area contributed by atoms with Gasteiger partial charge in [-0.25, -0.2) is 0 Å². The Hall–Kier alpha value is -0.224. The summed E-state index contributed by atoms with van der Waals surface area (Å²) in [5, 5.41) is 0. The zero-order valence-electron chi connectivity index (χ0n) is 29.7. The summed E-state index contributed by atoms with van der Waals surface area (Å²) in [4.78, 5) is 0. The number of benzene rings is 1. The first-order valence-electron chi connectivity index (χ1n) is 18.1. The molecule has 0 radical (unpaired) electrons. The molecule has 0 unspecified atom stereocenters. The van der Waals surface area contributed by atoms with E-state index in [1.165, 1.54) is 57.4 Å². The normalized spacial score (nSPS) is 26.0. The van der Waals surface area contributed by atoms with E-state index in [9.17, 15) is 0 Å². The third-order valence-corrected chi connectivity index (χ3v) is 30.0. The molecule has 7 atom stereocenters. The maximum atomic E-state index is 7.34. The Kier molecular flexibility index (Phi) is 16.5. The zero-order chi connectivity index (χ0) is 32.2. The van der Waals surface area contributed by atoms with Gasteiger partial charge < -0.3 is 0 Å². The van der Waals surface area contributed by atoms with Crippen molar-refractivity contribution >= 4 is 26.7 Å². The van der Waals surface area contributed by atoms with Crippen LogP contribution in [0, 0.1) is 5.92 Å². The molecule has 0 bridgehead atoms. The summed E-state index contributed by atoms with van der Waals surface area (Å²) >= 11 is -2.52. The SMILES string of the molecule is CCC[CH2][Sn](/[CH]=C(\C)[C@@H](OC)[C@@H](C)[C@@H]1O[C@@H]2CO[C@H](c3ccccc3)O[C@@H]2[C@@H]1O[Si](CC)(CC)CC)([CH2]CCC)[CH2]CCC. The van der Waals surface area contributed by atoms with Crippen molar-refractivity contribution < 1.29 is 23.4 Å². The fraction of sp³-hybridized carbons (Fsp3) is 0.784. The molecule has 2 fully saturated rings. The van der Waals surface area contributed by atoms with E-state index in [-0.39, 0.29) is 36.4 Å². The molecule has 1 aromatic carbocycles. The molecule has 0 spiro atoms. The van der Waals surface area contributed by atoms with E-state index in [1.54, 1.807) is 0 Å². The number of fused-ring (bicyclic) bond motifs is 1. The number of unbranched alkanes of at least 4 members (excludes halogenated alkanes) is 3. The van der Waals surface area contributed by atoms with Gasteiger partial charge in [-0.1, -0.05) is 6.07 Å². The van der Waals surface area contributed by atoms with Crippen LogP contribution in [0.4, 0.5) is 0 Å². The van der Waals surface area contributed by atoms with Gasteiger partial charge in [-0.2, -0.15) is 0 Å². The minimum absolute atomic E-state index is 0.000933. The van der Waals surface area contributed by atoms with Crippen LogP contribution in [0.1, 0.15) is 106 Å². The molecule has 1 aromatic rings.